The summed E-state index contributed by atoms with van der Waals surface area (Å²) in [5, 5.41) is 0. The SMILES string of the molecule is Br.CCCCC(C)C(C)Br. The van der Waals surface area contributed by atoms with Crippen LogP contribution in [0.3, 0.4) is 0 Å². The van der Waals surface area contributed by atoms with Crippen molar-refractivity contribution in [1.82, 2.24) is 0 Å². The first-order valence-corrected chi connectivity index (χ1v) is 4.74. The Morgan fingerprint density at radius 2 is 1.80 bits per heavy atom. The molecule has 0 rings (SSSR count). The number of halogens is 2. The number of alkyl halides is 1. The van der Waals surface area contributed by atoms with Crippen LogP contribution in [0.2, 0.25) is 0 Å². The first-order valence-electron chi connectivity index (χ1n) is 3.82. The number of hydrogen-bond donors (Lipinski definition) is 0. The second-order valence-corrected chi connectivity index (χ2v) is 4.24. The maximum atomic E-state index is 3.57. The highest BCUT2D eigenvalue weighted by Gasteiger charge is 2.06. The molecule has 0 spiro atoms. The number of rotatable bonds is 4. The van der Waals surface area contributed by atoms with Crippen molar-refractivity contribution in [2.45, 2.75) is 44.9 Å². The normalized spacial score (nSPS) is 15.6. The summed E-state index contributed by atoms with van der Waals surface area (Å²) in [7, 11) is 0. The Labute approximate surface area is 83.7 Å². The van der Waals surface area contributed by atoms with Crippen LogP contribution in [0, 0.1) is 5.92 Å². The molecule has 64 valence electrons. The van der Waals surface area contributed by atoms with Gasteiger partial charge in [-0.15, -0.1) is 17.0 Å². The molecule has 0 radical (unpaired) electrons. The summed E-state index contributed by atoms with van der Waals surface area (Å²) in [5.74, 6) is 0.838. The molecule has 0 nitrogen and oxygen atoms in total. The van der Waals surface area contributed by atoms with Gasteiger partial charge in [0.15, 0.2) is 0 Å². The van der Waals surface area contributed by atoms with Crippen molar-refractivity contribution in [3.8, 4) is 0 Å². The fraction of sp³-hybridized carbons (Fsp3) is 1.00. The minimum Gasteiger partial charge on any atom is -0.114 e. The first kappa shape index (κ1) is 13.5. The third kappa shape index (κ3) is 7.07. The van der Waals surface area contributed by atoms with E-state index >= 15 is 0 Å². The van der Waals surface area contributed by atoms with Gasteiger partial charge < -0.3 is 0 Å². The highest BCUT2D eigenvalue weighted by molar-refractivity contribution is 9.09. The van der Waals surface area contributed by atoms with Crippen LogP contribution >= 0.6 is 32.9 Å². The summed E-state index contributed by atoms with van der Waals surface area (Å²) in [6.07, 6.45) is 4.06. The van der Waals surface area contributed by atoms with Crippen LogP contribution < -0.4 is 0 Å². The van der Waals surface area contributed by atoms with Crippen LogP contribution in [0.1, 0.15) is 40.0 Å². The van der Waals surface area contributed by atoms with E-state index in [0.717, 1.165) is 5.92 Å². The van der Waals surface area contributed by atoms with Crippen LogP contribution in [-0.4, -0.2) is 4.83 Å². The zero-order valence-electron chi connectivity index (χ0n) is 7.06. The van der Waals surface area contributed by atoms with Gasteiger partial charge in [0, 0.05) is 4.83 Å². The van der Waals surface area contributed by atoms with Crippen LogP contribution in [0.15, 0.2) is 0 Å². The van der Waals surface area contributed by atoms with Crippen molar-refractivity contribution in [3.63, 3.8) is 0 Å². The Bertz CT molecular complexity index is 62.3. The van der Waals surface area contributed by atoms with Gasteiger partial charge in [-0.3, -0.25) is 0 Å². The molecule has 0 aromatic heterocycles. The van der Waals surface area contributed by atoms with E-state index < -0.39 is 0 Å². The lowest BCUT2D eigenvalue weighted by atomic mass is 10.0. The average Bonchev–Trinajstić information content (AvgIpc) is 1.82. The van der Waals surface area contributed by atoms with Gasteiger partial charge in [0.05, 0.1) is 0 Å². The molecule has 0 aliphatic carbocycles. The van der Waals surface area contributed by atoms with E-state index in [9.17, 15) is 0 Å². The fourth-order valence-electron chi connectivity index (χ4n) is 0.756. The summed E-state index contributed by atoms with van der Waals surface area (Å²) >= 11 is 3.57. The number of unbranched alkanes of at least 4 members (excludes halogenated alkanes) is 1. The van der Waals surface area contributed by atoms with E-state index in [0.29, 0.717) is 4.83 Å². The Kier molecular flexibility index (Phi) is 10.9. The molecule has 0 amide bonds. The van der Waals surface area contributed by atoms with E-state index in [4.69, 9.17) is 0 Å². The van der Waals surface area contributed by atoms with Crippen molar-refractivity contribution in [2.24, 2.45) is 5.92 Å². The molecule has 0 N–H and O–H groups in total. The number of hydrogen-bond acceptors (Lipinski definition) is 0. The van der Waals surface area contributed by atoms with Gasteiger partial charge >= 0.3 is 0 Å². The molecular weight excluding hydrogens is 256 g/mol. The van der Waals surface area contributed by atoms with E-state index in [2.05, 4.69) is 36.7 Å². The van der Waals surface area contributed by atoms with Crippen molar-refractivity contribution in [1.29, 1.82) is 0 Å². The van der Waals surface area contributed by atoms with Gasteiger partial charge in [0.2, 0.25) is 0 Å². The lowest BCUT2D eigenvalue weighted by Gasteiger charge is -2.12. The average molecular weight is 274 g/mol. The van der Waals surface area contributed by atoms with Gasteiger partial charge in [0.1, 0.15) is 0 Å². The molecule has 0 aromatic rings. The largest absolute Gasteiger partial charge is 0.114 e. The maximum Gasteiger partial charge on any atom is 0.0143 e. The van der Waals surface area contributed by atoms with E-state index in [1.54, 1.807) is 0 Å². The minimum absolute atomic E-state index is 0. The first-order chi connectivity index (χ1) is 4.18. The smallest absolute Gasteiger partial charge is 0.0143 e. The molecular formula is C8H18Br2. The quantitative estimate of drug-likeness (QED) is 0.675. The lowest BCUT2D eigenvalue weighted by Crippen LogP contribution is -2.05. The topological polar surface area (TPSA) is 0 Å². The maximum absolute atomic E-state index is 3.57. The summed E-state index contributed by atoms with van der Waals surface area (Å²) in [5.41, 5.74) is 0. The summed E-state index contributed by atoms with van der Waals surface area (Å²) < 4.78 is 0. The van der Waals surface area contributed by atoms with Crippen molar-refractivity contribution in [2.75, 3.05) is 0 Å². The second-order valence-electron chi connectivity index (χ2n) is 2.80. The molecule has 0 aromatic carbocycles. The van der Waals surface area contributed by atoms with Gasteiger partial charge in [-0.2, -0.15) is 0 Å². The molecule has 0 bridgehead atoms. The predicted molar refractivity (Wildman–Crippen MR) is 57.4 cm³/mol. The minimum atomic E-state index is 0. The predicted octanol–water partition coefficient (Wildman–Crippen LogP) is 4.17. The third-order valence-corrected chi connectivity index (χ3v) is 2.70. The van der Waals surface area contributed by atoms with E-state index in [-0.39, 0.29) is 17.0 Å². The van der Waals surface area contributed by atoms with Crippen LogP contribution in [-0.2, 0) is 0 Å². The van der Waals surface area contributed by atoms with Crippen LogP contribution in [0.25, 0.3) is 0 Å². The van der Waals surface area contributed by atoms with E-state index in [1.807, 2.05) is 0 Å². The molecule has 2 unspecified atom stereocenters. The summed E-state index contributed by atoms with van der Waals surface area (Å²) in [6, 6.07) is 0. The molecule has 2 heteroatoms. The monoisotopic (exact) mass is 272 g/mol. The van der Waals surface area contributed by atoms with Gasteiger partial charge in [-0.1, -0.05) is 49.5 Å². The molecule has 0 heterocycles. The summed E-state index contributed by atoms with van der Waals surface area (Å²) in [6.45, 7) is 6.76. The van der Waals surface area contributed by atoms with Crippen molar-refractivity contribution >= 4 is 32.9 Å². The van der Waals surface area contributed by atoms with Crippen molar-refractivity contribution in [3.05, 3.63) is 0 Å². The fourth-order valence-corrected chi connectivity index (χ4v) is 1.02. The van der Waals surface area contributed by atoms with Gasteiger partial charge in [-0.05, 0) is 12.3 Å². The van der Waals surface area contributed by atoms with Crippen LogP contribution in [0.5, 0.6) is 0 Å². The lowest BCUT2D eigenvalue weighted by molar-refractivity contribution is 0.507. The standard InChI is InChI=1S/C8H17Br.BrH/c1-4-5-6-7(2)8(3)9;/h7-8H,4-6H2,1-3H3;1H. The molecule has 10 heavy (non-hydrogen) atoms. The Morgan fingerprint density at radius 1 is 1.30 bits per heavy atom. The molecule has 2 atom stereocenters. The zero-order chi connectivity index (χ0) is 7.28. The summed E-state index contributed by atoms with van der Waals surface area (Å²) in [4.78, 5) is 0.684. The molecule has 0 aliphatic heterocycles. The third-order valence-electron chi connectivity index (χ3n) is 1.80. The molecule has 0 aliphatic rings. The zero-order valence-corrected chi connectivity index (χ0v) is 10.4. The van der Waals surface area contributed by atoms with E-state index in [1.165, 1.54) is 19.3 Å². The van der Waals surface area contributed by atoms with Crippen LogP contribution in [0.4, 0.5) is 0 Å². The highest BCUT2D eigenvalue weighted by Crippen LogP contribution is 2.17. The Hall–Kier alpha value is 0.960. The second kappa shape index (κ2) is 8.06. The molecule has 0 fully saturated rings. The van der Waals surface area contributed by atoms with Crippen molar-refractivity contribution < 1.29 is 0 Å². The molecule has 0 saturated carbocycles. The Balaban J connectivity index is 0. The van der Waals surface area contributed by atoms with Gasteiger partial charge in [-0.25, -0.2) is 0 Å². The molecule has 0 saturated heterocycles. The highest BCUT2D eigenvalue weighted by atomic mass is 79.9. The van der Waals surface area contributed by atoms with Gasteiger partial charge in [0.25, 0.3) is 0 Å². The Morgan fingerprint density at radius 3 is 2.10 bits per heavy atom.